The van der Waals surface area contributed by atoms with Crippen LogP contribution in [0.1, 0.15) is 16.1 Å². The Hall–Kier alpha value is -2.65. The van der Waals surface area contributed by atoms with Crippen LogP contribution in [0, 0.1) is 11.3 Å². The molecule has 5 nitrogen and oxygen atoms in total. The van der Waals surface area contributed by atoms with E-state index in [0.29, 0.717) is 27.7 Å². The molecule has 0 saturated carbocycles. The van der Waals surface area contributed by atoms with Crippen LogP contribution in [0.15, 0.2) is 57.8 Å². The molecule has 0 atom stereocenters. The third kappa shape index (κ3) is 2.78. The first-order chi connectivity index (χ1) is 10.3. The molecule has 1 aromatic heterocycles. The van der Waals surface area contributed by atoms with Gasteiger partial charge in [0.2, 0.25) is 0 Å². The van der Waals surface area contributed by atoms with Gasteiger partial charge in [-0.15, -0.1) is 11.8 Å². The number of hydrogen-bond acceptors (Lipinski definition) is 5. The average molecular weight is 297 g/mol. The van der Waals surface area contributed by atoms with Crippen LogP contribution in [0.2, 0.25) is 0 Å². The molecule has 1 amide bonds. The van der Waals surface area contributed by atoms with Crippen molar-refractivity contribution in [3.63, 3.8) is 0 Å². The van der Waals surface area contributed by atoms with Gasteiger partial charge in [-0.1, -0.05) is 12.1 Å². The van der Waals surface area contributed by atoms with Gasteiger partial charge in [-0.2, -0.15) is 5.26 Å². The molecule has 2 heterocycles. The zero-order chi connectivity index (χ0) is 14.7. The fourth-order valence-electron chi connectivity index (χ4n) is 1.95. The second-order valence-electron chi connectivity index (χ2n) is 4.31. The van der Waals surface area contributed by atoms with Gasteiger partial charge in [0.15, 0.2) is 0 Å². The Morgan fingerprint density at radius 2 is 2.10 bits per heavy atom. The summed E-state index contributed by atoms with van der Waals surface area (Å²) in [4.78, 5) is 12.4. The molecule has 2 N–H and O–H groups in total. The van der Waals surface area contributed by atoms with Crippen LogP contribution < -0.4 is 10.6 Å². The molecule has 0 spiro atoms. The maximum Gasteiger partial charge on any atom is 0.258 e. The van der Waals surface area contributed by atoms with Gasteiger partial charge in [0, 0.05) is 0 Å². The highest BCUT2D eigenvalue weighted by Crippen LogP contribution is 2.27. The standard InChI is InChI=1S/C15H11N3O2S/c16-8-13(21-9-10-4-3-7-20-10)14-17-12-6-2-1-5-11(12)15(19)18-14/h1-7,17H,9H2,(H,18,19)/b14-13+. The first-order valence-electron chi connectivity index (χ1n) is 6.25. The van der Waals surface area contributed by atoms with Gasteiger partial charge in [0.05, 0.1) is 23.3 Å². The Morgan fingerprint density at radius 3 is 2.86 bits per heavy atom. The van der Waals surface area contributed by atoms with E-state index in [-0.39, 0.29) is 5.91 Å². The SMILES string of the molecule is N#C/C(SCc1ccco1)=C1\NC(=O)c2ccccc2N1. The lowest BCUT2D eigenvalue weighted by atomic mass is 10.1. The number of thioether (sulfide) groups is 1. The molecule has 0 fully saturated rings. The van der Waals surface area contributed by atoms with Gasteiger partial charge >= 0.3 is 0 Å². The number of carbonyl (C=O) groups is 1. The lowest BCUT2D eigenvalue weighted by molar-refractivity contribution is 0.0964. The van der Waals surface area contributed by atoms with Gasteiger partial charge < -0.3 is 15.1 Å². The van der Waals surface area contributed by atoms with Crippen molar-refractivity contribution in [2.75, 3.05) is 5.32 Å². The Morgan fingerprint density at radius 1 is 1.24 bits per heavy atom. The van der Waals surface area contributed by atoms with Gasteiger partial charge in [-0.25, -0.2) is 0 Å². The molecule has 1 aliphatic rings. The molecule has 0 aliphatic carbocycles. The molecule has 6 heteroatoms. The van der Waals surface area contributed by atoms with E-state index in [1.807, 2.05) is 12.1 Å². The minimum atomic E-state index is -0.217. The molecule has 21 heavy (non-hydrogen) atoms. The summed E-state index contributed by atoms with van der Waals surface area (Å²) < 4.78 is 5.23. The van der Waals surface area contributed by atoms with Crippen molar-refractivity contribution < 1.29 is 9.21 Å². The zero-order valence-electron chi connectivity index (χ0n) is 10.9. The topological polar surface area (TPSA) is 78.1 Å². The molecule has 0 unspecified atom stereocenters. The lowest BCUT2D eigenvalue weighted by Gasteiger charge is -2.21. The lowest BCUT2D eigenvalue weighted by Crippen LogP contribution is -2.33. The Labute approximate surface area is 125 Å². The monoisotopic (exact) mass is 297 g/mol. The van der Waals surface area contributed by atoms with Crippen molar-refractivity contribution in [2.24, 2.45) is 0 Å². The number of carbonyl (C=O) groups excluding carboxylic acids is 1. The fraction of sp³-hybridized carbons (Fsp3) is 0.0667. The molecule has 104 valence electrons. The van der Waals surface area contributed by atoms with Crippen molar-refractivity contribution in [1.29, 1.82) is 5.26 Å². The van der Waals surface area contributed by atoms with Crippen LogP contribution >= 0.6 is 11.8 Å². The van der Waals surface area contributed by atoms with E-state index < -0.39 is 0 Å². The highest BCUT2D eigenvalue weighted by atomic mass is 32.2. The predicted molar refractivity (Wildman–Crippen MR) is 80.2 cm³/mol. The number of allylic oxidation sites excluding steroid dienone is 1. The number of benzene rings is 1. The second kappa shape index (κ2) is 5.77. The summed E-state index contributed by atoms with van der Waals surface area (Å²) in [5, 5.41) is 15.1. The molecule has 1 aromatic carbocycles. The van der Waals surface area contributed by atoms with Gasteiger partial charge in [-0.3, -0.25) is 4.79 Å². The van der Waals surface area contributed by atoms with Crippen molar-refractivity contribution in [3.8, 4) is 6.07 Å². The molecule has 1 aliphatic heterocycles. The normalized spacial score (nSPS) is 15.5. The first kappa shape index (κ1) is 13.3. The molecule has 0 bridgehead atoms. The van der Waals surface area contributed by atoms with Gasteiger partial charge in [0.1, 0.15) is 22.6 Å². The van der Waals surface area contributed by atoms with E-state index in [4.69, 9.17) is 4.42 Å². The fourth-order valence-corrected chi connectivity index (χ4v) is 2.71. The van der Waals surface area contributed by atoms with E-state index >= 15 is 0 Å². The van der Waals surface area contributed by atoms with E-state index in [1.165, 1.54) is 11.8 Å². The number of rotatable bonds is 3. The summed E-state index contributed by atoms with van der Waals surface area (Å²) in [6.07, 6.45) is 1.59. The van der Waals surface area contributed by atoms with Crippen molar-refractivity contribution >= 4 is 23.4 Å². The maximum absolute atomic E-state index is 12.0. The maximum atomic E-state index is 12.0. The molecule has 0 saturated heterocycles. The summed E-state index contributed by atoms with van der Waals surface area (Å²) in [6.45, 7) is 0. The van der Waals surface area contributed by atoms with Crippen LogP contribution in [0.5, 0.6) is 0 Å². The van der Waals surface area contributed by atoms with E-state index in [0.717, 1.165) is 5.76 Å². The van der Waals surface area contributed by atoms with Crippen molar-refractivity contribution in [2.45, 2.75) is 5.75 Å². The predicted octanol–water partition coefficient (Wildman–Crippen LogP) is 3.06. The second-order valence-corrected chi connectivity index (χ2v) is 5.29. The summed E-state index contributed by atoms with van der Waals surface area (Å²) in [6, 6.07) is 12.9. The van der Waals surface area contributed by atoms with E-state index in [2.05, 4.69) is 16.7 Å². The van der Waals surface area contributed by atoms with Crippen LogP contribution in [0.4, 0.5) is 5.69 Å². The van der Waals surface area contributed by atoms with E-state index in [9.17, 15) is 10.1 Å². The van der Waals surface area contributed by atoms with Gasteiger partial charge in [0.25, 0.3) is 5.91 Å². The third-order valence-electron chi connectivity index (χ3n) is 2.94. The number of nitrogens with zero attached hydrogens (tertiary/aromatic N) is 1. The molecule has 2 aromatic rings. The first-order valence-corrected chi connectivity index (χ1v) is 7.23. The number of nitrogens with one attached hydrogen (secondary N) is 2. The molecule has 0 radical (unpaired) electrons. The number of furan rings is 1. The van der Waals surface area contributed by atoms with Crippen LogP contribution in [-0.4, -0.2) is 5.91 Å². The molecular formula is C15H11N3O2S. The van der Waals surface area contributed by atoms with Crippen molar-refractivity contribution in [1.82, 2.24) is 5.32 Å². The third-order valence-corrected chi connectivity index (χ3v) is 3.95. The Balaban J connectivity index is 1.84. The van der Waals surface area contributed by atoms with Crippen LogP contribution in [-0.2, 0) is 5.75 Å². The highest BCUT2D eigenvalue weighted by molar-refractivity contribution is 8.02. The number of nitriles is 1. The number of fused-ring (bicyclic) bond motifs is 1. The number of para-hydroxylation sites is 1. The molecular weight excluding hydrogens is 286 g/mol. The summed E-state index contributed by atoms with van der Waals surface area (Å²) in [5.41, 5.74) is 1.26. The van der Waals surface area contributed by atoms with E-state index in [1.54, 1.807) is 30.5 Å². The number of anilines is 1. The van der Waals surface area contributed by atoms with Crippen LogP contribution in [0.25, 0.3) is 0 Å². The minimum Gasteiger partial charge on any atom is -0.468 e. The highest BCUT2D eigenvalue weighted by Gasteiger charge is 2.21. The summed E-state index contributed by atoms with van der Waals surface area (Å²) in [5.74, 6) is 1.50. The average Bonchev–Trinajstić information content (AvgIpc) is 3.01. The zero-order valence-corrected chi connectivity index (χ0v) is 11.7. The Kier molecular flexibility index (Phi) is 3.67. The number of amides is 1. The minimum absolute atomic E-state index is 0.217. The van der Waals surface area contributed by atoms with Crippen LogP contribution in [0.3, 0.4) is 0 Å². The van der Waals surface area contributed by atoms with Crippen molar-refractivity contribution in [3.05, 3.63) is 64.7 Å². The smallest absolute Gasteiger partial charge is 0.258 e. The largest absolute Gasteiger partial charge is 0.468 e. The van der Waals surface area contributed by atoms with Gasteiger partial charge in [-0.05, 0) is 24.3 Å². The summed E-state index contributed by atoms with van der Waals surface area (Å²) >= 11 is 1.31. The number of hydrogen-bond donors (Lipinski definition) is 2. The quantitative estimate of drug-likeness (QED) is 0.851. The Bertz CT molecular complexity index is 745. The molecule has 3 rings (SSSR count). The summed E-state index contributed by atoms with van der Waals surface area (Å²) in [7, 11) is 0.